The van der Waals surface area contributed by atoms with Gasteiger partial charge in [0.05, 0.1) is 6.61 Å². The fourth-order valence-corrected chi connectivity index (χ4v) is 1.86. The Morgan fingerprint density at radius 1 is 1.24 bits per heavy atom. The van der Waals surface area contributed by atoms with Gasteiger partial charge in [-0.05, 0) is 44.0 Å². The summed E-state index contributed by atoms with van der Waals surface area (Å²) >= 11 is 0. The fraction of sp³-hybridized carbons (Fsp3) is 0.562. The van der Waals surface area contributed by atoms with Gasteiger partial charge in [0.1, 0.15) is 0 Å². The lowest BCUT2D eigenvalue weighted by molar-refractivity contribution is -0.123. The third-order valence-corrected chi connectivity index (χ3v) is 2.95. The van der Waals surface area contributed by atoms with Crippen LogP contribution in [0.5, 0.6) is 11.5 Å². The van der Waals surface area contributed by atoms with Crippen LogP contribution in [0.1, 0.15) is 32.3 Å². The monoisotopic (exact) mass is 294 g/mol. The number of carbonyl (C=O) groups is 1. The number of nitrogens with one attached hydrogen (secondary N) is 1. The van der Waals surface area contributed by atoms with E-state index in [0.29, 0.717) is 31.2 Å². The number of ether oxygens (including phenoxy) is 2. The van der Waals surface area contributed by atoms with Crippen LogP contribution >= 0.6 is 0 Å². The van der Waals surface area contributed by atoms with Gasteiger partial charge in [-0.1, -0.05) is 19.4 Å². The summed E-state index contributed by atoms with van der Waals surface area (Å²) in [7, 11) is 0. The Hall–Kier alpha value is -1.75. The Bertz CT molecular complexity index is 436. The number of carbonyl (C=O) groups excluding carboxylic acids is 1. The third-order valence-electron chi connectivity index (χ3n) is 2.95. The normalized spacial score (nSPS) is 10.2. The number of amides is 1. The van der Waals surface area contributed by atoms with Crippen molar-refractivity contribution in [2.45, 2.75) is 33.1 Å². The number of benzene rings is 1. The minimum absolute atomic E-state index is 0.0000239. The van der Waals surface area contributed by atoms with Crippen molar-refractivity contribution in [1.82, 2.24) is 5.32 Å². The van der Waals surface area contributed by atoms with Crippen molar-refractivity contribution in [1.29, 1.82) is 0 Å². The highest BCUT2D eigenvalue weighted by Crippen LogP contribution is 2.28. The molecule has 1 amide bonds. The first-order valence-corrected chi connectivity index (χ1v) is 7.56. The van der Waals surface area contributed by atoms with E-state index in [0.717, 1.165) is 24.8 Å². The van der Waals surface area contributed by atoms with Crippen LogP contribution in [0.3, 0.4) is 0 Å². The molecule has 0 spiro atoms. The van der Waals surface area contributed by atoms with Crippen LogP contribution in [0.2, 0.25) is 0 Å². The van der Waals surface area contributed by atoms with Crippen molar-refractivity contribution in [3.8, 4) is 11.5 Å². The molecule has 0 radical (unpaired) electrons. The summed E-state index contributed by atoms with van der Waals surface area (Å²) in [5.41, 5.74) is 6.65. The van der Waals surface area contributed by atoms with Crippen LogP contribution in [0.15, 0.2) is 18.2 Å². The van der Waals surface area contributed by atoms with Crippen LogP contribution in [-0.4, -0.2) is 32.2 Å². The molecule has 118 valence electrons. The molecule has 1 aromatic rings. The quantitative estimate of drug-likeness (QED) is 0.646. The maximum atomic E-state index is 11.6. The lowest BCUT2D eigenvalue weighted by Gasteiger charge is -2.13. The smallest absolute Gasteiger partial charge is 0.257 e. The molecule has 0 saturated heterocycles. The SMILES string of the molecule is CCCCNC(=O)COc1ccc(CCN)cc1OCC. The highest BCUT2D eigenvalue weighted by atomic mass is 16.5. The standard InChI is InChI=1S/C16H26N2O3/c1-3-5-10-18-16(19)12-21-14-7-6-13(8-9-17)11-15(14)20-4-2/h6-7,11H,3-5,8-10,12,17H2,1-2H3,(H,18,19). The third kappa shape index (κ3) is 6.49. The minimum Gasteiger partial charge on any atom is -0.490 e. The van der Waals surface area contributed by atoms with E-state index < -0.39 is 0 Å². The zero-order valence-electron chi connectivity index (χ0n) is 13.0. The van der Waals surface area contributed by atoms with E-state index in [1.54, 1.807) is 0 Å². The summed E-state index contributed by atoms with van der Waals surface area (Å²) in [5.74, 6) is 1.13. The minimum atomic E-state index is -0.114. The molecule has 0 unspecified atom stereocenters. The van der Waals surface area contributed by atoms with Crippen molar-refractivity contribution >= 4 is 5.91 Å². The second-order valence-corrected chi connectivity index (χ2v) is 4.74. The summed E-state index contributed by atoms with van der Waals surface area (Å²) < 4.78 is 11.1. The first-order chi connectivity index (χ1) is 10.2. The summed E-state index contributed by atoms with van der Waals surface area (Å²) in [6.45, 7) is 5.82. The van der Waals surface area contributed by atoms with Crippen LogP contribution in [-0.2, 0) is 11.2 Å². The van der Waals surface area contributed by atoms with Gasteiger partial charge in [0.15, 0.2) is 18.1 Å². The van der Waals surface area contributed by atoms with Gasteiger partial charge >= 0.3 is 0 Å². The summed E-state index contributed by atoms with van der Waals surface area (Å²) in [6.07, 6.45) is 2.82. The predicted molar refractivity (Wildman–Crippen MR) is 83.8 cm³/mol. The summed E-state index contributed by atoms with van der Waals surface area (Å²) in [5, 5.41) is 2.82. The largest absolute Gasteiger partial charge is 0.490 e. The molecule has 1 aromatic carbocycles. The molecule has 21 heavy (non-hydrogen) atoms. The van der Waals surface area contributed by atoms with Gasteiger partial charge in [-0.25, -0.2) is 0 Å². The summed E-state index contributed by atoms with van der Waals surface area (Å²) in [6, 6.07) is 5.69. The first-order valence-electron chi connectivity index (χ1n) is 7.56. The molecule has 0 bridgehead atoms. The maximum Gasteiger partial charge on any atom is 0.257 e. The first kappa shape index (κ1) is 17.3. The van der Waals surface area contributed by atoms with E-state index in [2.05, 4.69) is 12.2 Å². The zero-order chi connectivity index (χ0) is 15.5. The highest BCUT2D eigenvalue weighted by Gasteiger charge is 2.09. The van der Waals surface area contributed by atoms with Gasteiger partial charge in [0.2, 0.25) is 0 Å². The van der Waals surface area contributed by atoms with E-state index in [-0.39, 0.29) is 12.5 Å². The number of unbranched alkanes of at least 4 members (excludes halogenated alkanes) is 1. The molecule has 0 fully saturated rings. The second kappa shape index (κ2) is 10.0. The average Bonchev–Trinajstić information content (AvgIpc) is 2.47. The van der Waals surface area contributed by atoms with E-state index in [1.165, 1.54) is 0 Å². The molecular formula is C16H26N2O3. The Labute approximate surface area is 126 Å². The predicted octanol–water partition coefficient (Wildman–Crippen LogP) is 1.88. The molecular weight excluding hydrogens is 268 g/mol. The van der Waals surface area contributed by atoms with Crippen LogP contribution in [0, 0.1) is 0 Å². The molecule has 5 nitrogen and oxygen atoms in total. The molecule has 0 aliphatic heterocycles. The average molecular weight is 294 g/mol. The number of nitrogens with two attached hydrogens (primary N) is 1. The molecule has 0 saturated carbocycles. The fourth-order valence-electron chi connectivity index (χ4n) is 1.86. The van der Waals surface area contributed by atoms with Crippen molar-refractivity contribution in [3.63, 3.8) is 0 Å². The number of rotatable bonds is 10. The molecule has 0 atom stereocenters. The van der Waals surface area contributed by atoms with Gasteiger partial charge < -0.3 is 20.5 Å². The molecule has 0 aliphatic rings. The number of hydrogen-bond acceptors (Lipinski definition) is 4. The number of hydrogen-bond donors (Lipinski definition) is 2. The van der Waals surface area contributed by atoms with Crippen LogP contribution in [0.25, 0.3) is 0 Å². The second-order valence-electron chi connectivity index (χ2n) is 4.74. The Morgan fingerprint density at radius 2 is 2.05 bits per heavy atom. The van der Waals surface area contributed by atoms with Gasteiger partial charge in [0, 0.05) is 6.54 Å². The molecule has 3 N–H and O–H groups in total. The van der Waals surface area contributed by atoms with Crippen molar-refractivity contribution in [2.24, 2.45) is 5.73 Å². The molecule has 1 rings (SSSR count). The highest BCUT2D eigenvalue weighted by molar-refractivity contribution is 5.77. The lowest BCUT2D eigenvalue weighted by atomic mass is 10.1. The Kier molecular flexibility index (Phi) is 8.28. The zero-order valence-corrected chi connectivity index (χ0v) is 13.0. The van der Waals surface area contributed by atoms with Crippen LogP contribution in [0.4, 0.5) is 0 Å². The van der Waals surface area contributed by atoms with Gasteiger partial charge in [0.25, 0.3) is 5.91 Å². The maximum absolute atomic E-state index is 11.6. The van der Waals surface area contributed by atoms with Gasteiger partial charge in [-0.2, -0.15) is 0 Å². The Morgan fingerprint density at radius 3 is 2.71 bits per heavy atom. The van der Waals surface area contributed by atoms with Crippen LogP contribution < -0.4 is 20.5 Å². The van der Waals surface area contributed by atoms with Gasteiger partial charge in [-0.3, -0.25) is 4.79 Å². The van der Waals surface area contributed by atoms with Gasteiger partial charge in [-0.15, -0.1) is 0 Å². The molecule has 0 aliphatic carbocycles. The van der Waals surface area contributed by atoms with E-state index in [9.17, 15) is 4.79 Å². The van der Waals surface area contributed by atoms with E-state index in [4.69, 9.17) is 15.2 Å². The van der Waals surface area contributed by atoms with E-state index in [1.807, 2.05) is 25.1 Å². The Balaban J connectivity index is 2.58. The molecule has 5 heteroatoms. The summed E-state index contributed by atoms with van der Waals surface area (Å²) in [4.78, 5) is 11.6. The molecule has 0 aromatic heterocycles. The van der Waals surface area contributed by atoms with Crippen molar-refractivity contribution in [3.05, 3.63) is 23.8 Å². The topological polar surface area (TPSA) is 73.6 Å². The van der Waals surface area contributed by atoms with Crippen molar-refractivity contribution < 1.29 is 14.3 Å². The lowest BCUT2D eigenvalue weighted by Crippen LogP contribution is -2.29. The van der Waals surface area contributed by atoms with Crippen molar-refractivity contribution in [2.75, 3.05) is 26.3 Å². The molecule has 0 heterocycles. The van der Waals surface area contributed by atoms with E-state index >= 15 is 0 Å².